The van der Waals surface area contributed by atoms with Crippen molar-refractivity contribution in [2.24, 2.45) is 0 Å². The van der Waals surface area contributed by atoms with Crippen molar-refractivity contribution in [1.29, 1.82) is 0 Å². The van der Waals surface area contributed by atoms with Crippen LogP contribution >= 0.6 is 15.9 Å². The van der Waals surface area contributed by atoms with E-state index in [0.717, 1.165) is 28.0 Å². The first kappa shape index (κ1) is 15.2. The third-order valence-electron chi connectivity index (χ3n) is 3.43. The van der Waals surface area contributed by atoms with Crippen LogP contribution in [0.25, 0.3) is 0 Å². The summed E-state index contributed by atoms with van der Waals surface area (Å²) in [6.07, 6.45) is 0.620. The Morgan fingerprint density at radius 3 is 2.80 bits per heavy atom. The van der Waals surface area contributed by atoms with Crippen LogP contribution in [0.3, 0.4) is 0 Å². The maximum Gasteiger partial charge on any atom is 0.123 e. The highest BCUT2D eigenvalue weighted by Crippen LogP contribution is 2.28. The fourth-order valence-corrected chi connectivity index (χ4v) is 2.79. The number of aliphatic hydroxyl groups is 1. The highest BCUT2D eigenvalue weighted by atomic mass is 79.9. The maximum atomic E-state index is 13.3. The van der Waals surface area contributed by atoms with Crippen LogP contribution in [0.5, 0.6) is 0 Å². The molecule has 0 aliphatic rings. The maximum absolute atomic E-state index is 13.3. The number of halogens is 2. The third kappa shape index (κ3) is 3.10. The van der Waals surface area contributed by atoms with Gasteiger partial charge >= 0.3 is 0 Å². The quantitative estimate of drug-likeness (QED) is 0.905. The van der Waals surface area contributed by atoms with Gasteiger partial charge in [0.15, 0.2) is 0 Å². The predicted molar refractivity (Wildman–Crippen MR) is 80.3 cm³/mol. The lowest BCUT2D eigenvalue weighted by Gasteiger charge is -2.16. The first-order valence-corrected chi connectivity index (χ1v) is 7.44. The molecule has 0 radical (unpaired) electrons. The Hall–Kier alpha value is -1.20. The van der Waals surface area contributed by atoms with E-state index < -0.39 is 0 Å². The molecule has 3 nitrogen and oxygen atoms in total. The molecule has 0 spiro atoms. The number of hydrogen-bond donors (Lipinski definition) is 1. The number of hydrogen-bond acceptors (Lipinski definition) is 2. The third-order valence-corrected chi connectivity index (χ3v) is 4.46. The Kier molecular flexibility index (Phi) is 4.94. The van der Waals surface area contributed by atoms with E-state index >= 15 is 0 Å². The molecule has 1 atom stereocenters. The van der Waals surface area contributed by atoms with Gasteiger partial charge in [-0.05, 0) is 53.9 Å². The molecule has 1 N–H and O–H groups in total. The van der Waals surface area contributed by atoms with Crippen molar-refractivity contribution in [3.63, 3.8) is 0 Å². The Bertz CT molecular complexity index is 598. The molecule has 1 aromatic carbocycles. The van der Waals surface area contributed by atoms with E-state index in [0.29, 0.717) is 6.42 Å². The van der Waals surface area contributed by atoms with Crippen LogP contribution in [-0.2, 0) is 13.0 Å². The summed E-state index contributed by atoms with van der Waals surface area (Å²) in [5, 5.41) is 14.1. The van der Waals surface area contributed by atoms with E-state index in [4.69, 9.17) is 0 Å². The molecule has 0 saturated carbocycles. The van der Waals surface area contributed by atoms with E-state index in [1.807, 2.05) is 24.6 Å². The lowest BCUT2D eigenvalue weighted by atomic mass is 9.95. The lowest BCUT2D eigenvalue weighted by molar-refractivity contribution is 0.262. The molecule has 0 fully saturated rings. The van der Waals surface area contributed by atoms with E-state index in [1.54, 1.807) is 6.07 Å². The van der Waals surface area contributed by atoms with Gasteiger partial charge in [-0.25, -0.2) is 4.39 Å². The lowest BCUT2D eigenvalue weighted by Crippen LogP contribution is -2.12. The van der Waals surface area contributed by atoms with Crippen LogP contribution in [0.2, 0.25) is 0 Å². The molecule has 2 aromatic rings. The van der Waals surface area contributed by atoms with Crippen LogP contribution in [0.15, 0.2) is 28.7 Å². The summed E-state index contributed by atoms with van der Waals surface area (Å²) in [6, 6.07) is 6.41. The van der Waals surface area contributed by atoms with Crippen molar-refractivity contribution >= 4 is 15.9 Å². The van der Waals surface area contributed by atoms with E-state index in [-0.39, 0.29) is 18.3 Å². The molecular formula is C15H18BrFN2O. The molecule has 108 valence electrons. The topological polar surface area (TPSA) is 38.0 Å². The van der Waals surface area contributed by atoms with Crippen LogP contribution in [0.4, 0.5) is 4.39 Å². The SMILES string of the molecule is CCn1nc(C)c(Br)c1CC(CO)c1cccc(F)c1. The fourth-order valence-electron chi connectivity index (χ4n) is 2.35. The summed E-state index contributed by atoms with van der Waals surface area (Å²) in [7, 11) is 0. The zero-order valence-corrected chi connectivity index (χ0v) is 13.2. The summed E-state index contributed by atoms with van der Waals surface area (Å²) < 4.78 is 16.2. The number of aliphatic hydroxyl groups excluding tert-OH is 1. The van der Waals surface area contributed by atoms with E-state index in [9.17, 15) is 9.50 Å². The van der Waals surface area contributed by atoms with Crippen molar-refractivity contribution < 1.29 is 9.50 Å². The molecule has 0 saturated heterocycles. The molecule has 2 rings (SSSR count). The zero-order valence-electron chi connectivity index (χ0n) is 11.6. The summed E-state index contributed by atoms with van der Waals surface area (Å²) in [5.74, 6) is -0.413. The van der Waals surface area contributed by atoms with Crippen molar-refractivity contribution in [3.05, 3.63) is 51.5 Å². The van der Waals surface area contributed by atoms with E-state index in [1.165, 1.54) is 12.1 Å². The minimum Gasteiger partial charge on any atom is -0.396 e. The smallest absolute Gasteiger partial charge is 0.123 e. The van der Waals surface area contributed by atoms with Crippen LogP contribution in [0.1, 0.15) is 29.8 Å². The number of aryl methyl sites for hydroxylation is 2. The standard InChI is InChI=1S/C15H18BrFN2O/c1-3-19-14(15(16)10(2)18-19)8-12(9-20)11-5-4-6-13(17)7-11/h4-7,12,20H,3,8-9H2,1-2H3. The number of benzene rings is 1. The minimum atomic E-state index is -0.278. The number of rotatable bonds is 5. The van der Waals surface area contributed by atoms with Crippen molar-refractivity contribution in [1.82, 2.24) is 9.78 Å². The van der Waals surface area contributed by atoms with Crippen LogP contribution < -0.4 is 0 Å². The van der Waals surface area contributed by atoms with Gasteiger partial charge in [-0.3, -0.25) is 4.68 Å². The van der Waals surface area contributed by atoms with Gasteiger partial charge < -0.3 is 5.11 Å². The summed E-state index contributed by atoms with van der Waals surface area (Å²) in [6.45, 7) is 4.71. The van der Waals surface area contributed by atoms with Crippen molar-refractivity contribution in [2.75, 3.05) is 6.61 Å². The van der Waals surface area contributed by atoms with Crippen molar-refractivity contribution in [2.45, 2.75) is 32.7 Å². The average molecular weight is 341 g/mol. The molecule has 0 aliphatic heterocycles. The Balaban J connectivity index is 2.31. The van der Waals surface area contributed by atoms with Crippen molar-refractivity contribution in [3.8, 4) is 0 Å². The number of aromatic nitrogens is 2. The molecule has 1 aromatic heterocycles. The molecule has 5 heteroatoms. The average Bonchev–Trinajstić information content (AvgIpc) is 2.71. The highest BCUT2D eigenvalue weighted by molar-refractivity contribution is 9.10. The number of nitrogens with zero attached hydrogens (tertiary/aromatic N) is 2. The molecule has 1 heterocycles. The van der Waals surface area contributed by atoms with Gasteiger partial charge in [-0.2, -0.15) is 5.10 Å². The summed E-state index contributed by atoms with van der Waals surface area (Å²) >= 11 is 3.55. The molecule has 0 amide bonds. The second-order valence-electron chi connectivity index (χ2n) is 4.80. The fraction of sp³-hybridized carbons (Fsp3) is 0.400. The summed E-state index contributed by atoms with van der Waals surface area (Å²) in [4.78, 5) is 0. The summed E-state index contributed by atoms with van der Waals surface area (Å²) in [5.41, 5.74) is 2.77. The van der Waals surface area contributed by atoms with Crippen LogP contribution in [0, 0.1) is 12.7 Å². The Morgan fingerprint density at radius 2 is 2.20 bits per heavy atom. The first-order valence-electron chi connectivity index (χ1n) is 6.64. The molecule has 0 bridgehead atoms. The van der Waals surface area contributed by atoms with Gasteiger partial charge in [0.2, 0.25) is 0 Å². The van der Waals surface area contributed by atoms with Gasteiger partial charge in [-0.1, -0.05) is 12.1 Å². The van der Waals surface area contributed by atoms with E-state index in [2.05, 4.69) is 21.0 Å². The first-order chi connectivity index (χ1) is 9.56. The Morgan fingerprint density at radius 1 is 1.45 bits per heavy atom. The minimum absolute atomic E-state index is 0.0240. The van der Waals surface area contributed by atoms with Gasteiger partial charge in [0.25, 0.3) is 0 Å². The van der Waals surface area contributed by atoms with Crippen LogP contribution in [-0.4, -0.2) is 21.5 Å². The second kappa shape index (κ2) is 6.50. The van der Waals surface area contributed by atoms with Gasteiger partial charge in [0, 0.05) is 12.5 Å². The largest absolute Gasteiger partial charge is 0.396 e. The molecular weight excluding hydrogens is 323 g/mol. The van der Waals surface area contributed by atoms with Gasteiger partial charge in [0.1, 0.15) is 5.82 Å². The van der Waals surface area contributed by atoms with Gasteiger partial charge in [-0.15, -0.1) is 0 Å². The second-order valence-corrected chi connectivity index (χ2v) is 5.59. The van der Waals surface area contributed by atoms with Gasteiger partial charge in [0.05, 0.1) is 22.5 Å². The Labute approximate surface area is 126 Å². The normalized spacial score (nSPS) is 12.7. The molecule has 0 aliphatic carbocycles. The highest BCUT2D eigenvalue weighted by Gasteiger charge is 2.19. The zero-order chi connectivity index (χ0) is 14.7. The molecule has 1 unspecified atom stereocenters. The monoisotopic (exact) mass is 340 g/mol. The molecule has 20 heavy (non-hydrogen) atoms. The predicted octanol–water partition coefficient (Wildman–Crippen LogP) is 3.43.